The molecular weight excluding hydrogens is 296 g/mol. The summed E-state index contributed by atoms with van der Waals surface area (Å²) >= 11 is 5.80. The molecule has 1 aromatic carbocycles. The summed E-state index contributed by atoms with van der Waals surface area (Å²) in [6.45, 7) is 3.43. The van der Waals surface area contributed by atoms with E-state index < -0.39 is 24.1 Å². The summed E-state index contributed by atoms with van der Waals surface area (Å²) in [6.07, 6.45) is 0. The molecule has 0 spiro atoms. The minimum atomic E-state index is -1.11. The third kappa shape index (κ3) is 5.61. The number of carbonyl (C=O) groups is 2. The number of ether oxygens (including phenoxy) is 1. The number of carboxylic acids is 1. The topological polar surface area (TPSA) is 78.9 Å². The Morgan fingerprint density at radius 2 is 1.90 bits per heavy atom. The summed E-state index contributed by atoms with van der Waals surface area (Å²) in [5.74, 6) is -1.11. The molecule has 21 heavy (non-hydrogen) atoms. The molecule has 0 radical (unpaired) electrons. The number of rotatable bonds is 6. The Labute approximate surface area is 128 Å². The molecule has 0 saturated heterocycles. The highest BCUT2D eigenvalue weighted by atomic mass is 35.5. The van der Waals surface area contributed by atoms with Crippen molar-refractivity contribution in [2.75, 3.05) is 25.2 Å². The van der Waals surface area contributed by atoms with Crippen molar-refractivity contribution in [3.63, 3.8) is 0 Å². The van der Waals surface area contributed by atoms with Gasteiger partial charge >= 0.3 is 12.0 Å². The number of nitrogens with one attached hydrogen (secondary N) is 1. The zero-order valence-electron chi connectivity index (χ0n) is 12.2. The molecule has 0 unspecified atom stereocenters. The van der Waals surface area contributed by atoms with E-state index in [1.54, 1.807) is 38.1 Å². The maximum Gasteiger partial charge on any atom is 0.323 e. The molecular formula is C14H19ClN2O4. The molecule has 7 heteroatoms. The van der Waals surface area contributed by atoms with Gasteiger partial charge in [-0.15, -0.1) is 0 Å². The summed E-state index contributed by atoms with van der Waals surface area (Å²) in [4.78, 5) is 24.4. The third-order valence-electron chi connectivity index (χ3n) is 2.63. The van der Waals surface area contributed by atoms with Crippen LogP contribution in [0.1, 0.15) is 13.8 Å². The first-order chi connectivity index (χ1) is 9.75. The largest absolute Gasteiger partial charge is 0.480 e. The van der Waals surface area contributed by atoms with Crippen LogP contribution in [0.15, 0.2) is 24.3 Å². The van der Waals surface area contributed by atoms with Crippen molar-refractivity contribution in [2.24, 2.45) is 0 Å². The van der Waals surface area contributed by atoms with E-state index in [9.17, 15) is 9.59 Å². The summed E-state index contributed by atoms with van der Waals surface area (Å²) < 4.78 is 5.02. The number of hydrogen-bond acceptors (Lipinski definition) is 3. The van der Waals surface area contributed by atoms with Crippen molar-refractivity contribution in [2.45, 2.75) is 19.4 Å². The molecule has 6 nitrogen and oxygen atoms in total. The van der Waals surface area contributed by atoms with Gasteiger partial charge in [0.2, 0.25) is 0 Å². The average Bonchev–Trinajstić information content (AvgIpc) is 2.36. The SMILES string of the molecule is COCC(C)(C)NC(=O)N(CC(=O)O)c1ccc(Cl)cc1. The number of amides is 2. The lowest BCUT2D eigenvalue weighted by molar-refractivity contribution is -0.135. The number of halogens is 1. The Hall–Kier alpha value is -1.79. The molecule has 0 aliphatic rings. The van der Waals surface area contributed by atoms with Crippen LogP contribution in [0.2, 0.25) is 5.02 Å². The monoisotopic (exact) mass is 314 g/mol. The van der Waals surface area contributed by atoms with Crippen LogP contribution in [0.3, 0.4) is 0 Å². The summed E-state index contributed by atoms with van der Waals surface area (Å²) in [5, 5.41) is 12.2. The number of aliphatic carboxylic acids is 1. The smallest absolute Gasteiger partial charge is 0.323 e. The second-order valence-corrected chi connectivity index (χ2v) is 5.64. The van der Waals surface area contributed by atoms with Crippen LogP contribution in [0.25, 0.3) is 0 Å². The van der Waals surface area contributed by atoms with Crippen LogP contribution in [-0.2, 0) is 9.53 Å². The molecule has 0 bridgehead atoms. The van der Waals surface area contributed by atoms with Gasteiger partial charge in [-0.05, 0) is 38.1 Å². The Morgan fingerprint density at radius 3 is 2.38 bits per heavy atom. The van der Waals surface area contributed by atoms with E-state index in [1.165, 1.54) is 7.11 Å². The fourth-order valence-electron chi connectivity index (χ4n) is 1.79. The van der Waals surface area contributed by atoms with Crippen molar-refractivity contribution in [1.29, 1.82) is 0 Å². The number of anilines is 1. The predicted molar refractivity (Wildman–Crippen MR) is 80.9 cm³/mol. The second-order valence-electron chi connectivity index (χ2n) is 5.20. The molecule has 0 atom stereocenters. The van der Waals surface area contributed by atoms with Crippen molar-refractivity contribution < 1.29 is 19.4 Å². The Balaban J connectivity index is 2.94. The van der Waals surface area contributed by atoms with E-state index in [0.717, 1.165) is 4.90 Å². The first kappa shape index (κ1) is 17.3. The van der Waals surface area contributed by atoms with Gasteiger partial charge in [0, 0.05) is 17.8 Å². The molecule has 1 rings (SSSR count). The summed E-state index contributed by atoms with van der Waals surface area (Å²) in [7, 11) is 1.53. The van der Waals surface area contributed by atoms with Crippen LogP contribution in [0, 0.1) is 0 Å². The minimum absolute atomic E-state index is 0.306. The fourth-order valence-corrected chi connectivity index (χ4v) is 1.92. The highest BCUT2D eigenvalue weighted by Gasteiger charge is 2.26. The maximum atomic E-state index is 12.3. The maximum absolute atomic E-state index is 12.3. The van der Waals surface area contributed by atoms with Gasteiger partial charge < -0.3 is 15.2 Å². The van der Waals surface area contributed by atoms with Crippen LogP contribution in [-0.4, -0.2) is 42.9 Å². The molecule has 1 aromatic rings. The number of urea groups is 1. The molecule has 0 aromatic heterocycles. The fraction of sp³-hybridized carbons (Fsp3) is 0.429. The quantitative estimate of drug-likeness (QED) is 0.845. The van der Waals surface area contributed by atoms with E-state index in [1.807, 2.05) is 0 Å². The Kier molecular flexibility index (Phi) is 5.99. The molecule has 116 valence electrons. The highest BCUT2D eigenvalue weighted by molar-refractivity contribution is 6.30. The molecule has 0 aliphatic heterocycles. The normalized spacial score (nSPS) is 11.0. The zero-order chi connectivity index (χ0) is 16.0. The van der Waals surface area contributed by atoms with Crippen molar-refractivity contribution in [3.05, 3.63) is 29.3 Å². The van der Waals surface area contributed by atoms with Crippen LogP contribution >= 0.6 is 11.6 Å². The van der Waals surface area contributed by atoms with Crippen LogP contribution in [0.5, 0.6) is 0 Å². The van der Waals surface area contributed by atoms with Gasteiger partial charge in [0.25, 0.3) is 0 Å². The lowest BCUT2D eigenvalue weighted by atomic mass is 10.1. The number of nitrogens with zero attached hydrogens (tertiary/aromatic N) is 1. The summed E-state index contributed by atoms with van der Waals surface area (Å²) in [5.41, 5.74) is -0.165. The van der Waals surface area contributed by atoms with Gasteiger partial charge in [0.15, 0.2) is 0 Å². The molecule has 0 saturated carbocycles. The Bertz CT molecular complexity index is 502. The average molecular weight is 315 g/mol. The van der Waals surface area contributed by atoms with Gasteiger partial charge in [-0.25, -0.2) is 4.79 Å². The van der Waals surface area contributed by atoms with Gasteiger partial charge in [0.1, 0.15) is 6.54 Å². The first-order valence-electron chi connectivity index (χ1n) is 6.31. The third-order valence-corrected chi connectivity index (χ3v) is 2.88. The minimum Gasteiger partial charge on any atom is -0.480 e. The number of carboxylic acid groups (broad SMARTS) is 1. The van der Waals surface area contributed by atoms with E-state index in [-0.39, 0.29) is 0 Å². The standard InChI is InChI=1S/C14H19ClN2O4/c1-14(2,9-21-3)16-13(20)17(8-12(18)19)11-6-4-10(15)5-7-11/h4-7H,8-9H2,1-3H3,(H,16,20)(H,18,19). The number of hydrogen-bond donors (Lipinski definition) is 2. The van der Waals surface area contributed by atoms with Crippen LogP contribution in [0.4, 0.5) is 10.5 Å². The van der Waals surface area contributed by atoms with Gasteiger partial charge in [-0.1, -0.05) is 11.6 Å². The zero-order valence-corrected chi connectivity index (χ0v) is 13.0. The van der Waals surface area contributed by atoms with E-state index in [0.29, 0.717) is 17.3 Å². The lowest BCUT2D eigenvalue weighted by Crippen LogP contribution is -2.53. The molecule has 0 aliphatic carbocycles. The lowest BCUT2D eigenvalue weighted by Gasteiger charge is -2.29. The van der Waals surface area contributed by atoms with Crippen molar-refractivity contribution >= 4 is 29.3 Å². The van der Waals surface area contributed by atoms with E-state index in [4.69, 9.17) is 21.4 Å². The number of carbonyl (C=O) groups excluding carboxylic acids is 1. The molecule has 2 N–H and O–H groups in total. The molecule has 0 fully saturated rings. The first-order valence-corrected chi connectivity index (χ1v) is 6.69. The van der Waals surface area contributed by atoms with Crippen molar-refractivity contribution in [3.8, 4) is 0 Å². The van der Waals surface area contributed by atoms with Gasteiger partial charge in [-0.3, -0.25) is 9.69 Å². The second kappa shape index (κ2) is 7.28. The number of methoxy groups -OCH3 is 1. The van der Waals surface area contributed by atoms with E-state index in [2.05, 4.69) is 5.32 Å². The van der Waals surface area contributed by atoms with Gasteiger partial charge in [0.05, 0.1) is 12.1 Å². The van der Waals surface area contributed by atoms with E-state index >= 15 is 0 Å². The Morgan fingerprint density at radius 1 is 1.33 bits per heavy atom. The summed E-state index contributed by atoms with van der Waals surface area (Å²) in [6, 6.07) is 5.86. The van der Waals surface area contributed by atoms with Crippen LogP contribution < -0.4 is 10.2 Å². The van der Waals surface area contributed by atoms with Gasteiger partial charge in [-0.2, -0.15) is 0 Å². The highest BCUT2D eigenvalue weighted by Crippen LogP contribution is 2.18. The predicted octanol–water partition coefficient (Wildman–Crippen LogP) is 2.37. The molecule has 2 amide bonds. The number of benzene rings is 1. The van der Waals surface area contributed by atoms with Crippen molar-refractivity contribution in [1.82, 2.24) is 5.32 Å². The molecule has 0 heterocycles.